The Hall–Kier alpha value is -3.37. The predicted octanol–water partition coefficient (Wildman–Crippen LogP) is 5.80. The monoisotopic (exact) mass is 531 g/mol. The van der Waals surface area contributed by atoms with Crippen molar-refractivity contribution < 1.29 is 0 Å². The zero-order chi connectivity index (χ0) is 26.3. The molecule has 0 aliphatic carbocycles. The lowest BCUT2D eigenvalue weighted by Crippen LogP contribution is -2.57. The Morgan fingerprint density at radius 3 is 2.08 bits per heavy atom. The third kappa shape index (κ3) is 4.83. The fraction of sp³-hybridized carbons (Fsp3) is 0.276. The van der Waals surface area contributed by atoms with E-state index in [1.807, 2.05) is 24.3 Å². The Kier molecular flexibility index (Phi) is 6.96. The van der Waals surface area contributed by atoms with Crippen LogP contribution < -0.4 is 10.5 Å². The molecule has 1 aliphatic rings. The average Bonchev–Trinajstić information content (AvgIpc) is 2.90. The summed E-state index contributed by atoms with van der Waals surface area (Å²) >= 11 is 12.4. The second-order valence-electron chi connectivity index (χ2n) is 9.66. The second-order valence-corrected chi connectivity index (χ2v) is 10.5. The number of hydrogen-bond acceptors (Lipinski definition) is 5. The van der Waals surface area contributed by atoms with Crippen LogP contribution in [0.5, 0.6) is 0 Å². The molecule has 2 aromatic carbocycles. The highest BCUT2D eigenvalue weighted by atomic mass is 35.5. The number of fused-ring (bicyclic) bond motifs is 1. The summed E-state index contributed by atoms with van der Waals surface area (Å²) < 4.78 is 1.58. The van der Waals surface area contributed by atoms with Gasteiger partial charge in [0.15, 0.2) is 0 Å². The number of halogens is 2. The zero-order valence-corrected chi connectivity index (χ0v) is 22.4. The number of nitrogens with zero attached hydrogens (tertiary/aromatic N) is 5. The Bertz CT molecular complexity index is 1500. The Morgan fingerprint density at radius 1 is 0.919 bits per heavy atom. The van der Waals surface area contributed by atoms with E-state index >= 15 is 0 Å². The maximum Gasteiger partial charge on any atom is 0.252 e. The SMILES string of the molecule is CC1CN(c2cc(=O)n(C)c3ccc(C#N)nc23)[C@@H](C)CN1C(c1ccc(Cl)cc1)c1ccc(Cl)cc1. The van der Waals surface area contributed by atoms with Crippen LogP contribution in [0.25, 0.3) is 11.0 Å². The lowest BCUT2D eigenvalue weighted by atomic mass is 9.93. The maximum atomic E-state index is 12.8. The van der Waals surface area contributed by atoms with Gasteiger partial charge in [0.2, 0.25) is 0 Å². The number of anilines is 1. The smallest absolute Gasteiger partial charge is 0.252 e. The van der Waals surface area contributed by atoms with Crippen LogP contribution in [0.1, 0.15) is 36.7 Å². The summed E-state index contributed by atoms with van der Waals surface area (Å²) in [5, 5.41) is 10.8. The number of aryl methyl sites for hydroxylation is 1. The molecule has 3 heterocycles. The lowest BCUT2D eigenvalue weighted by molar-refractivity contribution is 0.130. The third-order valence-corrected chi connectivity index (χ3v) is 7.73. The van der Waals surface area contributed by atoms with Gasteiger partial charge < -0.3 is 9.47 Å². The summed E-state index contributed by atoms with van der Waals surface area (Å²) in [4.78, 5) is 22.2. The molecule has 0 saturated carbocycles. The average molecular weight is 532 g/mol. The number of piperazine rings is 1. The second kappa shape index (κ2) is 10.2. The fourth-order valence-electron chi connectivity index (χ4n) is 5.31. The van der Waals surface area contributed by atoms with Gasteiger partial charge >= 0.3 is 0 Å². The van der Waals surface area contributed by atoms with E-state index in [0.29, 0.717) is 33.3 Å². The van der Waals surface area contributed by atoms with Crippen molar-refractivity contribution in [1.82, 2.24) is 14.5 Å². The maximum absolute atomic E-state index is 12.8. The molecule has 1 aliphatic heterocycles. The molecule has 0 radical (unpaired) electrons. The number of benzene rings is 2. The summed E-state index contributed by atoms with van der Waals surface area (Å²) in [6.45, 7) is 5.82. The molecule has 2 atom stereocenters. The van der Waals surface area contributed by atoms with Gasteiger partial charge in [0, 0.05) is 48.3 Å². The first-order chi connectivity index (χ1) is 17.8. The molecule has 37 heavy (non-hydrogen) atoms. The Labute approximate surface area is 226 Å². The summed E-state index contributed by atoms with van der Waals surface area (Å²) in [5.74, 6) is 0. The molecule has 0 bridgehead atoms. The van der Waals surface area contributed by atoms with Crippen molar-refractivity contribution in [3.63, 3.8) is 0 Å². The molecule has 1 saturated heterocycles. The minimum Gasteiger partial charge on any atom is -0.364 e. The normalized spacial score (nSPS) is 18.4. The third-order valence-electron chi connectivity index (χ3n) is 7.23. The minimum atomic E-state index is -0.100. The molecule has 5 rings (SSSR count). The Morgan fingerprint density at radius 2 is 1.51 bits per heavy atom. The zero-order valence-electron chi connectivity index (χ0n) is 20.9. The lowest BCUT2D eigenvalue weighted by Gasteiger charge is -2.48. The van der Waals surface area contributed by atoms with E-state index in [1.165, 1.54) is 0 Å². The van der Waals surface area contributed by atoms with Gasteiger partial charge in [-0.2, -0.15) is 5.26 Å². The molecule has 6 nitrogen and oxygen atoms in total. The van der Waals surface area contributed by atoms with Crippen LogP contribution in [-0.4, -0.2) is 39.6 Å². The number of aromatic nitrogens is 2. The standard InChI is InChI=1S/C29H27Cl2N5O/c1-18-17-36(29(20-4-8-22(30)9-5-20)21-6-10-23(31)11-7-21)19(2)16-35(18)26-14-27(37)34(3)25-13-12-24(15-32)33-28(25)26/h4-14,18-19,29H,16-17H2,1-3H3/t18-,19?/m0/s1. The van der Waals surface area contributed by atoms with Gasteiger partial charge in [-0.25, -0.2) is 4.98 Å². The molecule has 0 N–H and O–H groups in total. The van der Waals surface area contributed by atoms with E-state index in [0.717, 1.165) is 23.4 Å². The quantitative estimate of drug-likeness (QED) is 0.333. The molecule has 4 aromatic rings. The molecular formula is C29H27Cl2N5O. The number of hydrogen-bond donors (Lipinski definition) is 0. The van der Waals surface area contributed by atoms with Crippen LogP contribution in [0.2, 0.25) is 10.0 Å². The fourth-order valence-corrected chi connectivity index (χ4v) is 5.56. The van der Waals surface area contributed by atoms with Gasteiger partial charge in [0.25, 0.3) is 5.56 Å². The van der Waals surface area contributed by atoms with E-state index in [-0.39, 0.29) is 23.7 Å². The van der Waals surface area contributed by atoms with Crippen molar-refractivity contribution in [3.05, 3.63) is 104 Å². The van der Waals surface area contributed by atoms with Gasteiger partial charge in [-0.3, -0.25) is 9.69 Å². The molecular weight excluding hydrogens is 505 g/mol. The van der Waals surface area contributed by atoms with E-state index in [4.69, 9.17) is 23.2 Å². The molecule has 8 heteroatoms. The van der Waals surface area contributed by atoms with Crippen molar-refractivity contribution in [2.75, 3.05) is 18.0 Å². The van der Waals surface area contributed by atoms with Crippen LogP contribution in [-0.2, 0) is 7.05 Å². The van der Waals surface area contributed by atoms with Crippen LogP contribution in [0.15, 0.2) is 71.5 Å². The van der Waals surface area contributed by atoms with Gasteiger partial charge in [-0.05, 0) is 61.4 Å². The first-order valence-corrected chi connectivity index (χ1v) is 13.0. The van der Waals surface area contributed by atoms with E-state index in [1.54, 1.807) is 29.8 Å². The van der Waals surface area contributed by atoms with Crippen molar-refractivity contribution in [3.8, 4) is 6.07 Å². The molecule has 0 amide bonds. The van der Waals surface area contributed by atoms with Crippen LogP contribution in [0.4, 0.5) is 5.69 Å². The minimum absolute atomic E-state index is 0.0119. The largest absolute Gasteiger partial charge is 0.364 e. The predicted molar refractivity (Wildman–Crippen MR) is 149 cm³/mol. The van der Waals surface area contributed by atoms with Crippen LogP contribution >= 0.6 is 23.2 Å². The highest BCUT2D eigenvalue weighted by Crippen LogP contribution is 2.36. The first-order valence-electron chi connectivity index (χ1n) is 12.2. The van der Waals surface area contributed by atoms with Crippen molar-refractivity contribution >= 4 is 39.9 Å². The van der Waals surface area contributed by atoms with Crippen molar-refractivity contribution in [2.24, 2.45) is 7.05 Å². The number of nitriles is 1. The topological polar surface area (TPSA) is 65.2 Å². The first kappa shape index (κ1) is 25.3. The highest BCUT2D eigenvalue weighted by molar-refractivity contribution is 6.30. The number of rotatable bonds is 4. The van der Waals surface area contributed by atoms with Gasteiger partial charge in [-0.1, -0.05) is 47.5 Å². The highest BCUT2D eigenvalue weighted by Gasteiger charge is 2.36. The Balaban J connectivity index is 1.55. The summed E-state index contributed by atoms with van der Waals surface area (Å²) in [6, 6.07) is 23.5. The summed E-state index contributed by atoms with van der Waals surface area (Å²) in [5.41, 5.74) is 4.68. The molecule has 0 spiro atoms. The summed E-state index contributed by atoms with van der Waals surface area (Å²) in [6.07, 6.45) is 0. The summed E-state index contributed by atoms with van der Waals surface area (Å²) in [7, 11) is 1.73. The van der Waals surface area contributed by atoms with Gasteiger partial charge in [-0.15, -0.1) is 0 Å². The van der Waals surface area contributed by atoms with E-state index in [2.05, 4.69) is 59.0 Å². The molecule has 1 fully saturated rings. The van der Waals surface area contributed by atoms with Crippen molar-refractivity contribution in [1.29, 1.82) is 5.26 Å². The molecule has 188 valence electrons. The molecule has 1 unspecified atom stereocenters. The molecule has 2 aromatic heterocycles. The van der Waals surface area contributed by atoms with E-state index in [9.17, 15) is 10.1 Å². The number of pyridine rings is 2. The van der Waals surface area contributed by atoms with Crippen LogP contribution in [0, 0.1) is 11.3 Å². The van der Waals surface area contributed by atoms with Crippen LogP contribution in [0.3, 0.4) is 0 Å². The van der Waals surface area contributed by atoms with Crippen molar-refractivity contribution in [2.45, 2.75) is 32.0 Å². The van der Waals surface area contributed by atoms with E-state index < -0.39 is 0 Å². The van der Waals surface area contributed by atoms with Gasteiger partial charge in [0.05, 0.1) is 17.2 Å². The van der Waals surface area contributed by atoms with Gasteiger partial charge in [0.1, 0.15) is 17.3 Å².